The molecule has 0 atom stereocenters. The predicted molar refractivity (Wildman–Crippen MR) is 82.8 cm³/mol. The highest BCUT2D eigenvalue weighted by molar-refractivity contribution is 5.80. The average Bonchev–Trinajstić information content (AvgIpc) is 2.42. The van der Waals surface area contributed by atoms with Crippen molar-refractivity contribution in [1.29, 1.82) is 0 Å². The number of carbonyl (C=O) groups excluding carboxylic acids is 1. The Morgan fingerprint density at radius 2 is 2.05 bits per heavy atom. The number of hydrogen-bond donors (Lipinski definition) is 1. The second-order valence-electron chi connectivity index (χ2n) is 5.36. The summed E-state index contributed by atoms with van der Waals surface area (Å²) in [4.78, 5) is 19.8. The predicted octanol–water partition coefficient (Wildman–Crippen LogP) is 1.49. The van der Waals surface area contributed by atoms with Crippen LogP contribution in [0.1, 0.15) is 26.3 Å². The fourth-order valence-electron chi connectivity index (χ4n) is 1.69. The van der Waals surface area contributed by atoms with E-state index < -0.39 is 0 Å². The maximum Gasteiger partial charge on any atom is 0.241 e. The first-order valence-corrected chi connectivity index (χ1v) is 7.07. The van der Waals surface area contributed by atoms with Gasteiger partial charge in [-0.3, -0.25) is 4.79 Å². The number of nitrogens with zero attached hydrogens (tertiary/aromatic N) is 3. The van der Waals surface area contributed by atoms with Gasteiger partial charge in [0.2, 0.25) is 5.91 Å². The monoisotopic (exact) mass is 278 g/mol. The lowest BCUT2D eigenvalue weighted by Gasteiger charge is -2.23. The Kier molecular flexibility index (Phi) is 6.45. The van der Waals surface area contributed by atoms with Crippen LogP contribution in [0.5, 0.6) is 0 Å². The SMILES string of the molecule is CCN(CC(=O)N(C)C)c1ccc(CNC(C)C)cn1. The molecule has 0 aliphatic carbocycles. The van der Waals surface area contributed by atoms with Crippen LogP contribution in [0.15, 0.2) is 18.3 Å². The quantitative estimate of drug-likeness (QED) is 0.821. The molecule has 0 aliphatic heterocycles. The molecule has 112 valence electrons. The number of likely N-dealkylation sites (N-methyl/N-ethyl adjacent to an activating group) is 2. The summed E-state index contributed by atoms with van der Waals surface area (Å²) in [7, 11) is 3.54. The lowest BCUT2D eigenvalue weighted by Crippen LogP contribution is -2.37. The van der Waals surface area contributed by atoms with Gasteiger partial charge in [-0.05, 0) is 18.6 Å². The van der Waals surface area contributed by atoms with Gasteiger partial charge in [-0.2, -0.15) is 0 Å². The Labute approximate surface area is 122 Å². The van der Waals surface area contributed by atoms with Crippen molar-refractivity contribution in [3.8, 4) is 0 Å². The Hall–Kier alpha value is -1.62. The Bertz CT molecular complexity index is 414. The molecule has 0 bridgehead atoms. The number of aromatic nitrogens is 1. The van der Waals surface area contributed by atoms with Gasteiger partial charge in [0.15, 0.2) is 0 Å². The minimum Gasteiger partial charge on any atom is -0.348 e. The molecule has 1 heterocycles. The van der Waals surface area contributed by atoms with Gasteiger partial charge in [0.25, 0.3) is 0 Å². The van der Waals surface area contributed by atoms with Crippen molar-refractivity contribution in [2.45, 2.75) is 33.4 Å². The van der Waals surface area contributed by atoms with Crippen LogP contribution in [0.4, 0.5) is 5.82 Å². The van der Waals surface area contributed by atoms with Gasteiger partial charge < -0.3 is 15.1 Å². The standard InChI is InChI=1S/C15H26N4O/c1-6-19(11-15(20)18(4)5)14-8-7-13(10-17-14)9-16-12(2)3/h7-8,10,12,16H,6,9,11H2,1-5H3. The van der Waals surface area contributed by atoms with E-state index in [1.54, 1.807) is 19.0 Å². The van der Waals surface area contributed by atoms with Crippen LogP contribution in [0.3, 0.4) is 0 Å². The highest BCUT2D eigenvalue weighted by atomic mass is 16.2. The van der Waals surface area contributed by atoms with Crippen LogP contribution in [-0.4, -0.2) is 49.0 Å². The molecule has 5 heteroatoms. The molecule has 0 aliphatic rings. The zero-order chi connectivity index (χ0) is 15.1. The number of anilines is 1. The lowest BCUT2D eigenvalue weighted by molar-refractivity contribution is -0.127. The number of nitrogens with one attached hydrogen (secondary N) is 1. The summed E-state index contributed by atoms with van der Waals surface area (Å²) in [5.74, 6) is 0.926. The molecule has 20 heavy (non-hydrogen) atoms. The van der Waals surface area contributed by atoms with E-state index in [2.05, 4.69) is 30.2 Å². The minimum absolute atomic E-state index is 0.0826. The van der Waals surface area contributed by atoms with Gasteiger partial charge >= 0.3 is 0 Å². The molecule has 0 fully saturated rings. The van der Waals surface area contributed by atoms with Crippen LogP contribution in [0.25, 0.3) is 0 Å². The van der Waals surface area contributed by atoms with Crippen molar-refractivity contribution >= 4 is 11.7 Å². The third-order valence-corrected chi connectivity index (χ3v) is 3.05. The summed E-state index contributed by atoms with van der Waals surface area (Å²) >= 11 is 0. The van der Waals surface area contributed by atoms with Crippen LogP contribution < -0.4 is 10.2 Å². The zero-order valence-electron chi connectivity index (χ0n) is 13.2. The van der Waals surface area contributed by atoms with Crippen molar-refractivity contribution in [3.63, 3.8) is 0 Å². The molecule has 0 spiro atoms. The molecule has 1 amide bonds. The molecule has 1 rings (SSSR count). The van der Waals surface area contributed by atoms with Crippen LogP contribution in [0.2, 0.25) is 0 Å². The summed E-state index contributed by atoms with van der Waals surface area (Å²) < 4.78 is 0. The minimum atomic E-state index is 0.0826. The molecule has 0 saturated heterocycles. The molecule has 0 aromatic carbocycles. The smallest absolute Gasteiger partial charge is 0.241 e. The van der Waals surface area contributed by atoms with E-state index >= 15 is 0 Å². The topological polar surface area (TPSA) is 48.5 Å². The van der Waals surface area contributed by atoms with Crippen molar-refractivity contribution in [2.24, 2.45) is 0 Å². The van der Waals surface area contributed by atoms with Gasteiger partial charge in [-0.15, -0.1) is 0 Å². The molecule has 1 aromatic rings. The molecular weight excluding hydrogens is 252 g/mol. The first-order chi connectivity index (χ1) is 9.43. The van der Waals surface area contributed by atoms with Crippen molar-refractivity contribution in [1.82, 2.24) is 15.2 Å². The molecule has 0 unspecified atom stereocenters. The van der Waals surface area contributed by atoms with E-state index in [1.165, 1.54) is 0 Å². The maximum absolute atomic E-state index is 11.8. The normalized spacial score (nSPS) is 10.7. The number of hydrogen-bond acceptors (Lipinski definition) is 4. The van der Waals surface area contributed by atoms with Gasteiger partial charge in [0.1, 0.15) is 5.82 Å². The number of rotatable bonds is 7. The van der Waals surface area contributed by atoms with E-state index in [0.29, 0.717) is 12.6 Å². The largest absolute Gasteiger partial charge is 0.348 e. The highest BCUT2D eigenvalue weighted by Crippen LogP contribution is 2.11. The molecule has 0 saturated carbocycles. The first-order valence-electron chi connectivity index (χ1n) is 7.07. The molecule has 0 radical (unpaired) electrons. The Balaban J connectivity index is 2.67. The molecule has 1 N–H and O–H groups in total. The van der Waals surface area contributed by atoms with E-state index in [4.69, 9.17) is 0 Å². The van der Waals surface area contributed by atoms with E-state index in [9.17, 15) is 4.79 Å². The number of pyridine rings is 1. The molecule has 5 nitrogen and oxygen atoms in total. The van der Waals surface area contributed by atoms with Crippen molar-refractivity contribution in [2.75, 3.05) is 32.1 Å². The fraction of sp³-hybridized carbons (Fsp3) is 0.600. The maximum atomic E-state index is 11.8. The first kappa shape index (κ1) is 16.4. The number of carbonyl (C=O) groups is 1. The second kappa shape index (κ2) is 7.85. The molecule has 1 aromatic heterocycles. The van der Waals surface area contributed by atoms with Crippen LogP contribution in [-0.2, 0) is 11.3 Å². The van der Waals surface area contributed by atoms with Gasteiger partial charge in [0.05, 0.1) is 6.54 Å². The van der Waals surface area contributed by atoms with Crippen molar-refractivity contribution < 1.29 is 4.79 Å². The Morgan fingerprint density at radius 3 is 2.50 bits per heavy atom. The van der Waals surface area contributed by atoms with Crippen LogP contribution in [0, 0.1) is 0 Å². The van der Waals surface area contributed by atoms with Crippen molar-refractivity contribution in [3.05, 3.63) is 23.9 Å². The van der Waals surface area contributed by atoms with Gasteiger partial charge in [-0.1, -0.05) is 19.9 Å². The Morgan fingerprint density at radius 1 is 1.35 bits per heavy atom. The summed E-state index contributed by atoms with van der Waals surface area (Å²) in [5.41, 5.74) is 1.15. The van der Waals surface area contributed by atoms with E-state index in [0.717, 1.165) is 24.5 Å². The average molecular weight is 278 g/mol. The third kappa shape index (κ3) is 5.17. The summed E-state index contributed by atoms with van der Waals surface area (Å²) in [6.45, 7) is 8.20. The van der Waals surface area contributed by atoms with Gasteiger partial charge in [0, 0.05) is 39.4 Å². The third-order valence-electron chi connectivity index (χ3n) is 3.05. The molecular formula is C15H26N4O. The summed E-state index contributed by atoms with van der Waals surface area (Å²) in [5, 5.41) is 3.36. The summed E-state index contributed by atoms with van der Waals surface area (Å²) in [6, 6.07) is 4.49. The highest BCUT2D eigenvalue weighted by Gasteiger charge is 2.12. The fourth-order valence-corrected chi connectivity index (χ4v) is 1.69. The van der Waals surface area contributed by atoms with E-state index in [1.807, 2.05) is 24.1 Å². The summed E-state index contributed by atoms with van der Waals surface area (Å²) in [6.07, 6.45) is 1.87. The van der Waals surface area contributed by atoms with E-state index in [-0.39, 0.29) is 5.91 Å². The lowest BCUT2D eigenvalue weighted by atomic mass is 10.2. The second-order valence-corrected chi connectivity index (χ2v) is 5.36. The number of amides is 1. The van der Waals surface area contributed by atoms with Crippen LogP contribution >= 0.6 is 0 Å². The zero-order valence-corrected chi connectivity index (χ0v) is 13.2. The van der Waals surface area contributed by atoms with Gasteiger partial charge in [-0.25, -0.2) is 4.98 Å².